The first kappa shape index (κ1) is 20.5. The highest BCUT2D eigenvalue weighted by Crippen LogP contribution is 2.22. The van der Waals surface area contributed by atoms with E-state index in [2.05, 4.69) is 38.3 Å². The van der Waals surface area contributed by atoms with Crippen LogP contribution in [0.1, 0.15) is 46.3 Å². The van der Waals surface area contributed by atoms with Gasteiger partial charge in [-0.1, -0.05) is 18.2 Å². The van der Waals surface area contributed by atoms with Gasteiger partial charge in [0.25, 0.3) is 5.91 Å². The van der Waals surface area contributed by atoms with Crippen LogP contribution in [0, 0.1) is 0 Å². The molecule has 6 nitrogen and oxygen atoms in total. The van der Waals surface area contributed by atoms with Crippen LogP contribution >= 0.6 is 0 Å². The molecule has 1 N–H and O–H groups in total. The predicted octanol–water partition coefficient (Wildman–Crippen LogP) is 2.80. The Bertz CT molecular complexity index is 902. The zero-order valence-electron chi connectivity index (χ0n) is 18.2. The van der Waals surface area contributed by atoms with Crippen molar-refractivity contribution in [3.8, 4) is 0 Å². The van der Waals surface area contributed by atoms with Crippen molar-refractivity contribution in [2.45, 2.75) is 44.7 Å². The summed E-state index contributed by atoms with van der Waals surface area (Å²) in [6, 6.07) is 11.1. The monoisotopic (exact) mass is 420 g/mol. The number of aromatic nitrogens is 1. The molecule has 0 saturated carbocycles. The Hall–Kier alpha value is -2.44. The van der Waals surface area contributed by atoms with E-state index in [1.165, 1.54) is 24.0 Å². The minimum absolute atomic E-state index is 0.0668. The molecule has 1 unspecified atom stereocenters. The van der Waals surface area contributed by atoms with Gasteiger partial charge in [-0.2, -0.15) is 0 Å². The first-order valence-electron chi connectivity index (χ1n) is 11.7. The summed E-state index contributed by atoms with van der Waals surface area (Å²) in [5.74, 6) is 0.904. The third-order valence-corrected chi connectivity index (χ3v) is 6.92. The van der Waals surface area contributed by atoms with Crippen LogP contribution in [0.5, 0.6) is 0 Å². The number of rotatable bonds is 5. The molecule has 2 aromatic rings. The number of carbonyl (C=O) groups is 1. The molecule has 5 rings (SSSR count). The molecule has 0 bridgehead atoms. The van der Waals surface area contributed by atoms with Gasteiger partial charge >= 0.3 is 0 Å². The number of fused-ring (bicyclic) bond motifs is 1. The third-order valence-electron chi connectivity index (χ3n) is 6.92. The fourth-order valence-electron chi connectivity index (χ4n) is 5.02. The summed E-state index contributed by atoms with van der Waals surface area (Å²) >= 11 is 0. The van der Waals surface area contributed by atoms with Crippen molar-refractivity contribution in [1.82, 2.24) is 15.2 Å². The third kappa shape index (κ3) is 4.75. The number of nitrogens with one attached hydrogen (secondary N) is 1. The number of anilines is 1. The lowest BCUT2D eigenvalue weighted by molar-refractivity contribution is 0.0950. The zero-order valence-corrected chi connectivity index (χ0v) is 18.2. The van der Waals surface area contributed by atoms with Crippen LogP contribution in [0.15, 0.2) is 36.5 Å². The number of hydrogen-bond donors (Lipinski definition) is 1. The predicted molar refractivity (Wildman–Crippen MR) is 122 cm³/mol. The molecule has 1 atom stereocenters. The lowest BCUT2D eigenvalue weighted by Gasteiger charge is -2.25. The van der Waals surface area contributed by atoms with Crippen molar-refractivity contribution in [3.05, 3.63) is 58.8 Å². The highest BCUT2D eigenvalue weighted by Gasteiger charge is 2.25. The van der Waals surface area contributed by atoms with Crippen LogP contribution in [0.4, 0.5) is 5.82 Å². The Morgan fingerprint density at radius 3 is 2.65 bits per heavy atom. The van der Waals surface area contributed by atoms with Crippen LogP contribution in [0.3, 0.4) is 0 Å². The topological polar surface area (TPSA) is 57.7 Å². The summed E-state index contributed by atoms with van der Waals surface area (Å²) < 4.78 is 5.58. The quantitative estimate of drug-likeness (QED) is 0.806. The fraction of sp³-hybridized carbons (Fsp3) is 0.520. The number of carbonyl (C=O) groups excluding carboxylic acids is 1. The summed E-state index contributed by atoms with van der Waals surface area (Å²) in [7, 11) is 0. The van der Waals surface area contributed by atoms with Crippen molar-refractivity contribution < 1.29 is 9.53 Å². The van der Waals surface area contributed by atoms with Gasteiger partial charge in [0.05, 0.1) is 12.2 Å². The average molecular weight is 421 g/mol. The molecule has 0 spiro atoms. The molecule has 3 aliphatic heterocycles. The highest BCUT2D eigenvalue weighted by molar-refractivity contribution is 5.94. The largest absolute Gasteiger partial charge is 0.380 e. The summed E-state index contributed by atoms with van der Waals surface area (Å²) in [5.41, 5.74) is 4.64. The zero-order chi connectivity index (χ0) is 21.0. The SMILES string of the molecule is O=C(NCc1ccc2c(c1)CCN(C1CCOC1)CC2)c1ccc(N2CCCC2)nc1. The van der Waals surface area contributed by atoms with Crippen LogP contribution in [0.2, 0.25) is 0 Å². The van der Waals surface area contributed by atoms with E-state index in [4.69, 9.17) is 4.74 Å². The minimum atomic E-state index is -0.0668. The van der Waals surface area contributed by atoms with Gasteiger partial charge in [-0.25, -0.2) is 4.98 Å². The van der Waals surface area contributed by atoms with Gasteiger partial charge in [0.2, 0.25) is 0 Å². The fourth-order valence-corrected chi connectivity index (χ4v) is 5.02. The van der Waals surface area contributed by atoms with Crippen molar-refractivity contribution in [2.24, 2.45) is 0 Å². The maximum absolute atomic E-state index is 12.6. The second-order valence-electron chi connectivity index (χ2n) is 8.94. The lowest BCUT2D eigenvalue weighted by Crippen LogP contribution is -2.37. The molecular formula is C25H32N4O2. The number of nitrogens with zero attached hydrogens (tertiary/aromatic N) is 3. The van der Waals surface area contributed by atoms with E-state index >= 15 is 0 Å². The molecule has 0 aliphatic carbocycles. The van der Waals surface area contributed by atoms with Gasteiger partial charge in [0.15, 0.2) is 0 Å². The molecule has 4 heterocycles. The summed E-state index contributed by atoms with van der Waals surface area (Å²) in [6.07, 6.45) is 7.45. The molecule has 1 amide bonds. The standard InChI is InChI=1S/C25H32N4O2/c30-25(22-5-6-24(26-17-22)29-10-1-2-11-29)27-16-19-3-4-20-7-12-28(13-8-21(20)15-19)23-9-14-31-18-23/h3-6,15,17,23H,1-2,7-14,16,18H2,(H,27,30). The summed E-state index contributed by atoms with van der Waals surface area (Å²) in [6.45, 7) is 6.63. The number of pyridine rings is 1. The second-order valence-corrected chi connectivity index (χ2v) is 8.94. The molecule has 164 valence electrons. The average Bonchev–Trinajstić information content (AvgIpc) is 3.50. The Kier molecular flexibility index (Phi) is 6.18. The van der Waals surface area contributed by atoms with E-state index in [-0.39, 0.29) is 5.91 Å². The van der Waals surface area contributed by atoms with Crippen LogP contribution in [0.25, 0.3) is 0 Å². The number of amides is 1. The second kappa shape index (κ2) is 9.37. The smallest absolute Gasteiger partial charge is 0.253 e. The molecule has 2 fully saturated rings. The van der Waals surface area contributed by atoms with E-state index in [0.717, 1.165) is 70.0 Å². The molecule has 6 heteroatoms. The van der Waals surface area contributed by atoms with Crippen molar-refractivity contribution in [1.29, 1.82) is 0 Å². The van der Waals surface area contributed by atoms with E-state index < -0.39 is 0 Å². The van der Waals surface area contributed by atoms with Crippen molar-refractivity contribution >= 4 is 11.7 Å². The maximum Gasteiger partial charge on any atom is 0.253 e. The molecular weight excluding hydrogens is 388 g/mol. The lowest BCUT2D eigenvalue weighted by atomic mass is 10.00. The van der Waals surface area contributed by atoms with Gasteiger partial charge in [-0.05, 0) is 60.9 Å². The number of ether oxygens (including phenoxy) is 1. The van der Waals surface area contributed by atoms with Crippen LogP contribution in [-0.2, 0) is 24.1 Å². The molecule has 0 radical (unpaired) electrons. The summed E-state index contributed by atoms with van der Waals surface area (Å²) in [4.78, 5) is 22.0. The van der Waals surface area contributed by atoms with E-state index in [9.17, 15) is 4.79 Å². The van der Waals surface area contributed by atoms with Gasteiger partial charge in [-0.3, -0.25) is 9.69 Å². The Morgan fingerprint density at radius 1 is 1.06 bits per heavy atom. The molecule has 1 aromatic heterocycles. The highest BCUT2D eigenvalue weighted by atomic mass is 16.5. The number of benzene rings is 1. The molecule has 2 saturated heterocycles. The van der Waals surface area contributed by atoms with Gasteiger partial charge < -0.3 is 15.0 Å². The van der Waals surface area contributed by atoms with Crippen molar-refractivity contribution in [2.75, 3.05) is 44.3 Å². The van der Waals surface area contributed by atoms with Gasteiger partial charge in [0.1, 0.15) is 5.82 Å². The first-order chi connectivity index (χ1) is 15.3. The maximum atomic E-state index is 12.6. The van der Waals surface area contributed by atoms with Crippen LogP contribution < -0.4 is 10.2 Å². The first-order valence-corrected chi connectivity index (χ1v) is 11.7. The normalized spacial score (nSPS) is 21.7. The Balaban J connectivity index is 1.17. The molecule has 1 aromatic carbocycles. The Labute approximate surface area is 184 Å². The minimum Gasteiger partial charge on any atom is -0.380 e. The molecule has 3 aliphatic rings. The number of hydrogen-bond acceptors (Lipinski definition) is 5. The van der Waals surface area contributed by atoms with Crippen LogP contribution in [-0.4, -0.2) is 61.2 Å². The molecule has 31 heavy (non-hydrogen) atoms. The van der Waals surface area contributed by atoms with E-state index in [0.29, 0.717) is 18.2 Å². The summed E-state index contributed by atoms with van der Waals surface area (Å²) in [5, 5.41) is 3.06. The van der Waals surface area contributed by atoms with E-state index in [1.54, 1.807) is 6.20 Å². The van der Waals surface area contributed by atoms with Gasteiger partial charge in [0, 0.05) is 51.6 Å². The van der Waals surface area contributed by atoms with E-state index in [1.807, 2.05) is 12.1 Å². The Morgan fingerprint density at radius 2 is 1.90 bits per heavy atom. The van der Waals surface area contributed by atoms with Crippen molar-refractivity contribution in [3.63, 3.8) is 0 Å². The van der Waals surface area contributed by atoms with Gasteiger partial charge in [-0.15, -0.1) is 0 Å².